The second-order valence-electron chi connectivity index (χ2n) is 8.20. The predicted molar refractivity (Wildman–Crippen MR) is 101 cm³/mol. The van der Waals surface area contributed by atoms with Crippen LogP contribution in [0.1, 0.15) is 50.8 Å². The lowest BCUT2D eigenvalue weighted by molar-refractivity contribution is -0.121. The Bertz CT molecular complexity index is 872. The van der Waals surface area contributed by atoms with E-state index in [0.29, 0.717) is 47.5 Å². The van der Waals surface area contributed by atoms with Gasteiger partial charge in [-0.2, -0.15) is 0 Å². The van der Waals surface area contributed by atoms with E-state index in [0.717, 1.165) is 12.1 Å². The standard InChI is InChI=1S/C21H25N3O4/c25-18(22-12-15-11-21(15)8-2-1-3-9-21)6-7-19-23-24-20(28-19)14-4-5-16-17(10-14)27-13-26-16/h4-5,10,15H,1-3,6-9,11-13H2,(H,22,25)/t15-/m0/s1. The van der Waals surface area contributed by atoms with Crippen LogP contribution in [0, 0.1) is 11.3 Å². The number of hydrogen-bond acceptors (Lipinski definition) is 6. The summed E-state index contributed by atoms with van der Waals surface area (Å²) in [7, 11) is 0. The van der Waals surface area contributed by atoms with Crippen molar-refractivity contribution in [2.24, 2.45) is 11.3 Å². The van der Waals surface area contributed by atoms with Crippen molar-refractivity contribution in [2.75, 3.05) is 13.3 Å². The van der Waals surface area contributed by atoms with Gasteiger partial charge in [0.05, 0.1) is 0 Å². The fourth-order valence-electron chi connectivity index (χ4n) is 4.64. The highest BCUT2D eigenvalue weighted by molar-refractivity contribution is 5.76. The summed E-state index contributed by atoms with van der Waals surface area (Å²) >= 11 is 0. The van der Waals surface area contributed by atoms with Gasteiger partial charge in [-0.3, -0.25) is 4.79 Å². The average Bonchev–Trinajstić information content (AvgIpc) is 3.10. The molecule has 0 radical (unpaired) electrons. The number of aromatic nitrogens is 2. The molecule has 2 fully saturated rings. The largest absolute Gasteiger partial charge is 0.454 e. The van der Waals surface area contributed by atoms with E-state index >= 15 is 0 Å². The minimum absolute atomic E-state index is 0.0562. The molecule has 5 rings (SSSR count). The summed E-state index contributed by atoms with van der Waals surface area (Å²) < 4.78 is 16.4. The van der Waals surface area contributed by atoms with Gasteiger partial charge >= 0.3 is 0 Å². The molecule has 1 aromatic heterocycles. The molecule has 1 aliphatic heterocycles. The first-order valence-corrected chi connectivity index (χ1v) is 10.2. The third kappa shape index (κ3) is 3.45. The summed E-state index contributed by atoms with van der Waals surface area (Å²) in [5.41, 5.74) is 1.33. The van der Waals surface area contributed by atoms with E-state index in [1.165, 1.54) is 38.5 Å². The predicted octanol–water partition coefficient (Wildman–Crippen LogP) is 3.48. The molecule has 0 unspecified atom stereocenters. The smallest absolute Gasteiger partial charge is 0.247 e. The average molecular weight is 383 g/mol. The van der Waals surface area contributed by atoms with Crippen molar-refractivity contribution in [3.05, 3.63) is 24.1 Å². The van der Waals surface area contributed by atoms with Gasteiger partial charge in [-0.05, 0) is 48.8 Å². The lowest BCUT2D eigenvalue weighted by Gasteiger charge is -2.22. The van der Waals surface area contributed by atoms with Gasteiger partial charge in [0.1, 0.15) is 0 Å². The molecule has 28 heavy (non-hydrogen) atoms. The molecule has 1 amide bonds. The molecule has 3 aliphatic rings. The second kappa shape index (κ2) is 7.11. The Balaban J connectivity index is 1.10. The number of aryl methyl sites for hydroxylation is 1. The fraction of sp³-hybridized carbons (Fsp3) is 0.571. The van der Waals surface area contributed by atoms with Crippen LogP contribution in [0.5, 0.6) is 11.5 Å². The number of carbonyl (C=O) groups is 1. The number of amides is 1. The van der Waals surface area contributed by atoms with Crippen molar-refractivity contribution in [3.8, 4) is 23.0 Å². The first-order valence-electron chi connectivity index (χ1n) is 10.2. The zero-order chi connectivity index (χ0) is 19.0. The number of ether oxygens (including phenoxy) is 2. The van der Waals surface area contributed by atoms with E-state index in [2.05, 4.69) is 15.5 Å². The molecule has 1 spiro atoms. The van der Waals surface area contributed by atoms with Crippen molar-refractivity contribution in [1.82, 2.24) is 15.5 Å². The number of carbonyl (C=O) groups excluding carboxylic acids is 1. The zero-order valence-electron chi connectivity index (χ0n) is 15.9. The van der Waals surface area contributed by atoms with E-state index in [1.54, 1.807) is 0 Å². The highest BCUT2D eigenvalue weighted by Crippen LogP contribution is 2.60. The minimum Gasteiger partial charge on any atom is -0.454 e. The first kappa shape index (κ1) is 17.5. The van der Waals surface area contributed by atoms with Crippen LogP contribution in [0.4, 0.5) is 0 Å². The van der Waals surface area contributed by atoms with Crippen molar-refractivity contribution >= 4 is 5.91 Å². The molecule has 0 bridgehead atoms. The second-order valence-corrected chi connectivity index (χ2v) is 8.20. The summed E-state index contributed by atoms with van der Waals surface area (Å²) in [5.74, 6) is 3.01. The van der Waals surface area contributed by atoms with Gasteiger partial charge < -0.3 is 19.2 Å². The summed E-state index contributed by atoms with van der Waals surface area (Å²) in [6.45, 7) is 1.04. The van der Waals surface area contributed by atoms with Crippen LogP contribution in [-0.4, -0.2) is 29.4 Å². The minimum atomic E-state index is 0.0562. The third-order valence-electron chi connectivity index (χ3n) is 6.41. The number of nitrogens with zero attached hydrogens (tertiary/aromatic N) is 2. The molecule has 148 valence electrons. The number of fused-ring (bicyclic) bond motifs is 1. The molecule has 2 aromatic rings. The number of benzene rings is 1. The van der Waals surface area contributed by atoms with Crippen LogP contribution < -0.4 is 14.8 Å². The van der Waals surface area contributed by atoms with Crippen LogP contribution >= 0.6 is 0 Å². The van der Waals surface area contributed by atoms with Gasteiger partial charge in [0, 0.05) is 24.9 Å². The Morgan fingerprint density at radius 1 is 1.14 bits per heavy atom. The summed E-state index contributed by atoms with van der Waals surface area (Å²) in [6.07, 6.45) is 8.87. The molecule has 2 saturated carbocycles. The van der Waals surface area contributed by atoms with Crippen molar-refractivity contribution in [1.29, 1.82) is 0 Å². The van der Waals surface area contributed by atoms with Gasteiger partial charge in [-0.25, -0.2) is 0 Å². The molecule has 7 nitrogen and oxygen atoms in total. The van der Waals surface area contributed by atoms with Gasteiger partial charge in [0.15, 0.2) is 11.5 Å². The number of rotatable bonds is 6. The highest BCUT2D eigenvalue weighted by atomic mass is 16.7. The molecule has 7 heteroatoms. The SMILES string of the molecule is O=C(CCc1nnc(-c2ccc3c(c2)OCO3)o1)NC[C@@H]1CC12CCCCC2. The van der Waals surface area contributed by atoms with Crippen molar-refractivity contribution < 1.29 is 18.7 Å². The lowest BCUT2D eigenvalue weighted by Crippen LogP contribution is -2.27. The van der Waals surface area contributed by atoms with Crippen molar-refractivity contribution in [2.45, 2.75) is 51.4 Å². The Hall–Kier alpha value is -2.57. The maximum absolute atomic E-state index is 12.2. The topological polar surface area (TPSA) is 86.5 Å². The van der Waals surface area contributed by atoms with Crippen LogP contribution in [0.15, 0.2) is 22.6 Å². The van der Waals surface area contributed by atoms with Crippen LogP contribution in [-0.2, 0) is 11.2 Å². The van der Waals surface area contributed by atoms with Crippen LogP contribution in [0.25, 0.3) is 11.5 Å². The molecule has 1 atom stereocenters. The normalized spacial score (nSPS) is 21.6. The molecule has 0 saturated heterocycles. The molecule has 1 aromatic carbocycles. The Labute approximate surface area is 163 Å². The van der Waals surface area contributed by atoms with E-state index in [9.17, 15) is 4.79 Å². The molecular formula is C21H25N3O4. The Kier molecular flexibility index (Phi) is 4.45. The molecule has 2 aliphatic carbocycles. The lowest BCUT2D eigenvalue weighted by atomic mass is 9.84. The van der Waals surface area contributed by atoms with Gasteiger partial charge in [0.2, 0.25) is 24.5 Å². The van der Waals surface area contributed by atoms with Crippen molar-refractivity contribution in [3.63, 3.8) is 0 Å². The first-order chi connectivity index (χ1) is 13.7. The van der Waals surface area contributed by atoms with E-state index in [-0.39, 0.29) is 12.7 Å². The summed E-state index contributed by atoms with van der Waals surface area (Å²) in [4.78, 5) is 12.2. The van der Waals surface area contributed by atoms with Crippen LogP contribution in [0.2, 0.25) is 0 Å². The van der Waals surface area contributed by atoms with Crippen LogP contribution in [0.3, 0.4) is 0 Å². The van der Waals surface area contributed by atoms with E-state index in [1.807, 2.05) is 18.2 Å². The molecule has 2 heterocycles. The molecule has 1 N–H and O–H groups in total. The zero-order valence-corrected chi connectivity index (χ0v) is 15.9. The van der Waals surface area contributed by atoms with Gasteiger partial charge in [0.25, 0.3) is 0 Å². The highest BCUT2D eigenvalue weighted by Gasteiger charge is 2.53. The van der Waals surface area contributed by atoms with Gasteiger partial charge in [-0.15, -0.1) is 10.2 Å². The van der Waals surface area contributed by atoms with E-state index in [4.69, 9.17) is 13.9 Å². The number of nitrogens with one attached hydrogen (secondary N) is 1. The maximum atomic E-state index is 12.2. The fourth-order valence-corrected chi connectivity index (χ4v) is 4.64. The summed E-state index contributed by atoms with van der Waals surface area (Å²) in [6, 6.07) is 5.50. The summed E-state index contributed by atoms with van der Waals surface area (Å²) in [5, 5.41) is 11.2. The molecular weight excluding hydrogens is 358 g/mol. The number of hydrogen-bond donors (Lipinski definition) is 1. The quantitative estimate of drug-likeness (QED) is 0.822. The Morgan fingerprint density at radius 3 is 2.89 bits per heavy atom. The van der Waals surface area contributed by atoms with E-state index < -0.39 is 0 Å². The monoisotopic (exact) mass is 383 g/mol. The third-order valence-corrected chi connectivity index (χ3v) is 6.41. The van der Waals surface area contributed by atoms with Gasteiger partial charge in [-0.1, -0.05) is 19.3 Å². The Morgan fingerprint density at radius 2 is 2.00 bits per heavy atom. The maximum Gasteiger partial charge on any atom is 0.247 e.